The summed E-state index contributed by atoms with van der Waals surface area (Å²) in [5, 5.41) is 3.57. The Balaban J connectivity index is 1.70. The highest BCUT2D eigenvalue weighted by Crippen LogP contribution is 2.19. The number of hydrogen-bond acceptors (Lipinski definition) is 3. The van der Waals surface area contributed by atoms with Gasteiger partial charge in [0.25, 0.3) is 0 Å². The van der Waals surface area contributed by atoms with Crippen LogP contribution in [0, 0.1) is 5.92 Å². The van der Waals surface area contributed by atoms with Crippen LogP contribution in [0.5, 0.6) is 5.75 Å². The molecule has 0 amide bonds. The van der Waals surface area contributed by atoms with Crippen molar-refractivity contribution in [3.63, 3.8) is 0 Å². The molecule has 1 saturated heterocycles. The zero-order valence-corrected chi connectivity index (χ0v) is 17.0. The summed E-state index contributed by atoms with van der Waals surface area (Å²) in [6, 6.07) is 8.44. The molecule has 26 heavy (non-hydrogen) atoms. The Morgan fingerprint density at radius 2 is 1.96 bits per heavy atom. The number of likely N-dealkylation sites (tertiary alicyclic amines) is 1. The first-order chi connectivity index (χ1) is 12.7. The van der Waals surface area contributed by atoms with Crippen LogP contribution in [-0.4, -0.2) is 63.1 Å². The highest BCUT2D eigenvalue weighted by Gasteiger charge is 2.20. The summed E-state index contributed by atoms with van der Waals surface area (Å²) in [7, 11) is 5.72. The standard InChI is InChI=1S/C21H36N4O/c1-5-6-13-24(3)21(22-2)23-16-18-11-14-25(15-12-18)17-19-7-9-20(26-4)10-8-19/h7-10,18H,5-6,11-17H2,1-4H3,(H,22,23). The van der Waals surface area contributed by atoms with Gasteiger partial charge < -0.3 is 15.0 Å². The van der Waals surface area contributed by atoms with Crippen molar-refractivity contribution < 1.29 is 4.74 Å². The first kappa shape index (κ1) is 20.6. The van der Waals surface area contributed by atoms with E-state index in [1.54, 1.807) is 7.11 Å². The molecule has 5 nitrogen and oxygen atoms in total. The molecule has 1 aliphatic rings. The number of nitrogens with one attached hydrogen (secondary N) is 1. The molecule has 1 aliphatic heterocycles. The van der Waals surface area contributed by atoms with E-state index in [1.165, 1.54) is 44.3 Å². The second-order valence-electron chi connectivity index (χ2n) is 7.27. The molecule has 0 spiro atoms. The Bertz CT molecular complexity index is 535. The zero-order chi connectivity index (χ0) is 18.8. The molecule has 1 aromatic carbocycles. The molecule has 0 saturated carbocycles. The normalized spacial score (nSPS) is 16.5. The minimum atomic E-state index is 0.735. The van der Waals surface area contributed by atoms with Crippen LogP contribution in [0.3, 0.4) is 0 Å². The third-order valence-electron chi connectivity index (χ3n) is 5.24. The lowest BCUT2D eigenvalue weighted by Crippen LogP contribution is -2.43. The number of aliphatic imine (C=N–C) groups is 1. The van der Waals surface area contributed by atoms with E-state index in [-0.39, 0.29) is 0 Å². The molecule has 2 rings (SSSR count). The van der Waals surface area contributed by atoms with Crippen LogP contribution in [0.25, 0.3) is 0 Å². The lowest BCUT2D eigenvalue weighted by molar-refractivity contribution is 0.177. The fourth-order valence-corrected chi connectivity index (χ4v) is 3.46. The molecular formula is C21H36N4O. The Labute approximate surface area is 159 Å². The van der Waals surface area contributed by atoms with Crippen molar-refractivity contribution in [2.75, 3.05) is 47.4 Å². The van der Waals surface area contributed by atoms with Crippen LogP contribution >= 0.6 is 0 Å². The van der Waals surface area contributed by atoms with E-state index in [9.17, 15) is 0 Å². The number of guanidine groups is 1. The van der Waals surface area contributed by atoms with Crippen LogP contribution in [0.1, 0.15) is 38.2 Å². The summed E-state index contributed by atoms with van der Waals surface area (Å²) in [6.45, 7) is 7.69. The number of unbranched alkanes of at least 4 members (excludes halogenated alkanes) is 1. The van der Waals surface area contributed by atoms with Gasteiger partial charge in [-0.3, -0.25) is 9.89 Å². The maximum absolute atomic E-state index is 5.23. The third-order valence-corrected chi connectivity index (χ3v) is 5.24. The van der Waals surface area contributed by atoms with Crippen molar-refractivity contribution in [3.05, 3.63) is 29.8 Å². The maximum Gasteiger partial charge on any atom is 0.193 e. The van der Waals surface area contributed by atoms with Crippen molar-refractivity contribution in [2.24, 2.45) is 10.9 Å². The van der Waals surface area contributed by atoms with Gasteiger partial charge in [0.1, 0.15) is 5.75 Å². The second-order valence-corrected chi connectivity index (χ2v) is 7.27. The fraction of sp³-hybridized carbons (Fsp3) is 0.667. The van der Waals surface area contributed by atoms with Crippen molar-refractivity contribution in [1.82, 2.24) is 15.1 Å². The molecule has 0 unspecified atom stereocenters. The van der Waals surface area contributed by atoms with Gasteiger partial charge in [-0.25, -0.2) is 0 Å². The van der Waals surface area contributed by atoms with E-state index < -0.39 is 0 Å². The van der Waals surface area contributed by atoms with Gasteiger partial charge >= 0.3 is 0 Å². The van der Waals surface area contributed by atoms with Crippen LogP contribution in [0.2, 0.25) is 0 Å². The van der Waals surface area contributed by atoms with E-state index in [2.05, 4.69) is 46.2 Å². The maximum atomic E-state index is 5.23. The van der Waals surface area contributed by atoms with Gasteiger partial charge in [0.15, 0.2) is 5.96 Å². The van der Waals surface area contributed by atoms with Gasteiger partial charge in [0.2, 0.25) is 0 Å². The monoisotopic (exact) mass is 360 g/mol. The Kier molecular flexibility index (Phi) is 8.75. The van der Waals surface area contributed by atoms with Crippen LogP contribution < -0.4 is 10.1 Å². The van der Waals surface area contributed by atoms with Gasteiger partial charge in [-0.1, -0.05) is 25.5 Å². The van der Waals surface area contributed by atoms with Gasteiger partial charge in [-0.05, 0) is 56.0 Å². The van der Waals surface area contributed by atoms with Crippen LogP contribution in [0.4, 0.5) is 0 Å². The molecule has 1 N–H and O–H groups in total. The summed E-state index contributed by atoms with van der Waals surface area (Å²) in [5.74, 6) is 2.69. The Morgan fingerprint density at radius 1 is 1.27 bits per heavy atom. The summed E-state index contributed by atoms with van der Waals surface area (Å²) in [5.41, 5.74) is 1.36. The quantitative estimate of drug-likeness (QED) is 0.571. The first-order valence-electron chi connectivity index (χ1n) is 9.93. The number of rotatable bonds is 8. The third kappa shape index (κ3) is 6.52. The molecule has 0 bridgehead atoms. The summed E-state index contributed by atoms with van der Waals surface area (Å²) in [6.07, 6.45) is 4.92. The topological polar surface area (TPSA) is 40.1 Å². The van der Waals surface area contributed by atoms with Gasteiger partial charge in [-0.15, -0.1) is 0 Å². The number of piperidine rings is 1. The summed E-state index contributed by atoms with van der Waals surface area (Å²) >= 11 is 0. The SMILES string of the molecule is CCCCN(C)C(=NC)NCC1CCN(Cc2ccc(OC)cc2)CC1. The zero-order valence-electron chi connectivity index (χ0n) is 17.0. The van der Waals surface area contributed by atoms with Crippen molar-refractivity contribution in [1.29, 1.82) is 0 Å². The average molecular weight is 361 g/mol. The number of hydrogen-bond donors (Lipinski definition) is 1. The van der Waals surface area contributed by atoms with Crippen LogP contribution in [-0.2, 0) is 6.54 Å². The van der Waals surface area contributed by atoms with E-state index >= 15 is 0 Å². The Morgan fingerprint density at radius 3 is 2.54 bits per heavy atom. The molecule has 146 valence electrons. The number of benzene rings is 1. The molecule has 0 aromatic heterocycles. The minimum Gasteiger partial charge on any atom is -0.497 e. The van der Waals surface area contributed by atoms with Crippen molar-refractivity contribution in [2.45, 2.75) is 39.2 Å². The lowest BCUT2D eigenvalue weighted by Gasteiger charge is -2.33. The van der Waals surface area contributed by atoms with E-state index in [1.807, 2.05) is 19.2 Å². The molecule has 1 heterocycles. The molecule has 0 atom stereocenters. The van der Waals surface area contributed by atoms with Crippen molar-refractivity contribution >= 4 is 5.96 Å². The fourth-order valence-electron chi connectivity index (χ4n) is 3.46. The number of methoxy groups -OCH3 is 1. The summed E-state index contributed by atoms with van der Waals surface area (Å²) < 4.78 is 5.23. The predicted octanol–water partition coefficient (Wildman–Crippen LogP) is 3.21. The second kappa shape index (κ2) is 11.1. The van der Waals surface area contributed by atoms with E-state index in [0.717, 1.165) is 37.3 Å². The predicted molar refractivity (Wildman–Crippen MR) is 110 cm³/mol. The van der Waals surface area contributed by atoms with Crippen molar-refractivity contribution in [3.8, 4) is 5.75 Å². The largest absolute Gasteiger partial charge is 0.497 e. The Hall–Kier alpha value is -1.75. The average Bonchev–Trinajstić information content (AvgIpc) is 2.68. The van der Waals surface area contributed by atoms with Crippen LogP contribution in [0.15, 0.2) is 29.3 Å². The molecule has 0 radical (unpaired) electrons. The smallest absolute Gasteiger partial charge is 0.193 e. The lowest BCUT2D eigenvalue weighted by atomic mass is 9.96. The van der Waals surface area contributed by atoms with Gasteiger partial charge in [0.05, 0.1) is 7.11 Å². The molecule has 1 fully saturated rings. The molecule has 5 heteroatoms. The first-order valence-corrected chi connectivity index (χ1v) is 9.93. The van der Waals surface area contributed by atoms with E-state index in [4.69, 9.17) is 4.74 Å². The number of ether oxygens (including phenoxy) is 1. The molecule has 1 aromatic rings. The molecule has 0 aliphatic carbocycles. The highest BCUT2D eigenvalue weighted by atomic mass is 16.5. The number of nitrogens with zero attached hydrogens (tertiary/aromatic N) is 3. The van der Waals surface area contributed by atoms with Gasteiger partial charge in [-0.2, -0.15) is 0 Å². The molecular weight excluding hydrogens is 324 g/mol. The summed E-state index contributed by atoms with van der Waals surface area (Å²) in [4.78, 5) is 9.22. The van der Waals surface area contributed by atoms with Gasteiger partial charge in [0, 0.05) is 33.7 Å². The minimum absolute atomic E-state index is 0.735. The highest BCUT2D eigenvalue weighted by molar-refractivity contribution is 5.79. The van der Waals surface area contributed by atoms with E-state index in [0.29, 0.717) is 0 Å².